The Morgan fingerprint density at radius 2 is 0.639 bits per heavy atom. The van der Waals surface area contributed by atoms with Gasteiger partial charge in [0.25, 0.3) is 0 Å². The molecule has 0 bridgehead atoms. The van der Waals surface area contributed by atoms with E-state index < -0.39 is 12.1 Å². The Labute approximate surface area is 225 Å². The lowest BCUT2D eigenvalue weighted by Gasteiger charge is -2.24. The van der Waals surface area contributed by atoms with Crippen molar-refractivity contribution in [1.29, 1.82) is 0 Å². The minimum absolute atomic E-state index is 0.554. The summed E-state index contributed by atoms with van der Waals surface area (Å²) >= 11 is 12.6. The maximum atomic E-state index is 6.28. The second kappa shape index (κ2) is 13.6. The van der Waals surface area contributed by atoms with Gasteiger partial charge in [0.2, 0.25) is 0 Å². The molecule has 0 saturated heterocycles. The highest BCUT2D eigenvalue weighted by Crippen LogP contribution is 2.44. The van der Waals surface area contributed by atoms with Crippen LogP contribution in [0.15, 0.2) is 121 Å². The molecule has 4 aromatic carbocycles. The number of benzene rings is 4. The quantitative estimate of drug-likeness (QED) is 0.167. The topological polar surface area (TPSA) is 18.5 Å². The van der Waals surface area contributed by atoms with E-state index in [-0.39, 0.29) is 0 Å². The fourth-order valence-electron chi connectivity index (χ4n) is 4.20. The molecule has 0 heterocycles. The van der Waals surface area contributed by atoms with Crippen LogP contribution in [-0.4, -0.2) is 38.8 Å². The molecule has 0 saturated carbocycles. The van der Waals surface area contributed by atoms with Crippen molar-refractivity contribution >= 4 is 56.9 Å². The second-order valence-corrected chi connectivity index (χ2v) is 18.2. The molecule has 0 fully saturated rings. The molecule has 36 heavy (non-hydrogen) atoms. The van der Waals surface area contributed by atoms with E-state index in [9.17, 15) is 0 Å². The fourth-order valence-corrected chi connectivity index (χ4v) is 11.1. The van der Waals surface area contributed by atoms with E-state index >= 15 is 0 Å². The summed E-state index contributed by atoms with van der Waals surface area (Å²) in [5.41, 5.74) is 0. The van der Waals surface area contributed by atoms with E-state index in [1.165, 1.54) is 21.2 Å². The highest BCUT2D eigenvalue weighted by atomic mass is 32.4. The molecular weight excluding hydrogens is 518 g/mol. The third-order valence-electron chi connectivity index (χ3n) is 6.17. The Hall–Kier alpha value is -1.90. The van der Waals surface area contributed by atoms with E-state index in [4.69, 9.17) is 33.1 Å². The summed E-state index contributed by atoms with van der Waals surface area (Å²) in [6, 6.07) is 38.1. The van der Waals surface area contributed by atoms with Gasteiger partial charge in [-0.15, -0.1) is 0 Å². The van der Waals surface area contributed by atoms with E-state index in [1.54, 1.807) is 0 Å². The van der Waals surface area contributed by atoms with Gasteiger partial charge in [0.05, 0.1) is 26.4 Å². The minimum atomic E-state index is -1.92. The summed E-state index contributed by atoms with van der Waals surface area (Å²) in [6.45, 7) is 2.35. The van der Waals surface area contributed by atoms with Crippen LogP contribution >= 0.6 is 12.1 Å². The van der Waals surface area contributed by atoms with Gasteiger partial charge >= 0.3 is 0 Å². The predicted molar refractivity (Wildman–Crippen MR) is 164 cm³/mol. The Bertz CT molecular complexity index is 1090. The average molecular weight is 551 g/mol. The maximum absolute atomic E-state index is 6.28. The van der Waals surface area contributed by atoms with E-state index in [0.717, 1.165) is 12.3 Å². The minimum Gasteiger partial charge on any atom is -0.379 e. The van der Waals surface area contributed by atoms with Gasteiger partial charge in [-0.1, -0.05) is 145 Å². The molecule has 0 unspecified atom stereocenters. The number of hydrogen-bond donors (Lipinski definition) is 0. The summed E-state index contributed by atoms with van der Waals surface area (Å²) in [7, 11) is 0. The van der Waals surface area contributed by atoms with Gasteiger partial charge in [-0.2, -0.15) is 0 Å². The monoisotopic (exact) mass is 550 g/mol. The molecular formula is C30H32O2P2S2. The molecule has 0 aliphatic carbocycles. The van der Waals surface area contributed by atoms with Crippen LogP contribution in [0.1, 0.15) is 0 Å². The fraction of sp³-hybridized carbons (Fsp3) is 0.200. The molecule has 4 aromatic rings. The number of hydrogen-bond acceptors (Lipinski definition) is 4. The van der Waals surface area contributed by atoms with Crippen LogP contribution in [0.3, 0.4) is 0 Å². The predicted octanol–water partition coefficient (Wildman–Crippen LogP) is 5.28. The highest BCUT2D eigenvalue weighted by Gasteiger charge is 2.23. The molecule has 0 amide bonds. The van der Waals surface area contributed by atoms with Gasteiger partial charge in [-0.05, 0) is 21.2 Å². The molecule has 0 aliphatic heterocycles. The average Bonchev–Trinajstić information content (AvgIpc) is 2.96. The van der Waals surface area contributed by atoms with Gasteiger partial charge in [0, 0.05) is 24.4 Å². The Kier molecular flexibility index (Phi) is 10.2. The smallest absolute Gasteiger partial charge is 0.0700 e. The van der Waals surface area contributed by atoms with Crippen molar-refractivity contribution in [3.05, 3.63) is 121 Å². The molecule has 0 aromatic heterocycles. The van der Waals surface area contributed by atoms with Crippen molar-refractivity contribution in [2.24, 2.45) is 0 Å². The molecule has 2 nitrogen and oxygen atoms in total. The molecule has 0 radical (unpaired) electrons. The molecule has 0 spiro atoms. The summed E-state index contributed by atoms with van der Waals surface area (Å²) in [5, 5.41) is 4.94. The van der Waals surface area contributed by atoms with Crippen LogP contribution in [0.5, 0.6) is 0 Å². The summed E-state index contributed by atoms with van der Waals surface area (Å²) < 4.78 is 12.0. The first-order valence-electron chi connectivity index (χ1n) is 12.2. The van der Waals surface area contributed by atoms with Crippen LogP contribution in [0.4, 0.5) is 0 Å². The lowest BCUT2D eigenvalue weighted by molar-refractivity contribution is 0.0601. The standard InChI is InChI=1S/C30H32O2P2S2/c35-33(27-13-5-1-6-14-27,28-15-7-2-8-16-28)25-23-31-21-22-32-24-26-34(36,29-17-9-3-10-18-29)30-19-11-4-12-20-30/h1-20H,21-26H2. The van der Waals surface area contributed by atoms with E-state index in [1.807, 2.05) is 24.3 Å². The van der Waals surface area contributed by atoms with Crippen molar-refractivity contribution < 1.29 is 9.47 Å². The first-order valence-corrected chi connectivity index (χ1v) is 18.2. The van der Waals surface area contributed by atoms with Crippen LogP contribution in [-0.2, 0) is 33.1 Å². The third-order valence-corrected chi connectivity index (χ3v) is 15.9. The van der Waals surface area contributed by atoms with Crippen molar-refractivity contribution in [1.82, 2.24) is 0 Å². The van der Waals surface area contributed by atoms with Gasteiger partial charge in [-0.25, -0.2) is 0 Å². The lowest BCUT2D eigenvalue weighted by Crippen LogP contribution is -2.22. The first kappa shape index (κ1) is 27.1. The van der Waals surface area contributed by atoms with Crippen molar-refractivity contribution in [2.45, 2.75) is 0 Å². The Balaban J connectivity index is 1.28. The Morgan fingerprint density at radius 3 is 0.889 bits per heavy atom. The largest absolute Gasteiger partial charge is 0.379 e. The van der Waals surface area contributed by atoms with Crippen LogP contribution in [0, 0.1) is 0 Å². The van der Waals surface area contributed by atoms with Crippen molar-refractivity contribution in [3.63, 3.8) is 0 Å². The van der Waals surface area contributed by atoms with Crippen molar-refractivity contribution in [3.8, 4) is 0 Å². The van der Waals surface area contributed by atoms with Gasteiger partial charge < -0.3 is 9.47 Å². The summed E-state index contributed by atoms with van der Waals surface area (Å²) in [5.74, 6) is 0. The molecule has 0 atom stereocenters. The zero-order valence-corrected chi connectivity index (χ0v) is 23.7. The highest BCUT2D eigenvalue weighted by molar-refractivity contribution is 8.22. The lowest BCUT2D eigenvalue weighted by atomic mass is 10.4. The molecule has 4 rings (SSSR count). The van der Waals surface area contributed by atoms with Crippen LogP contribution < -0.4 is 21.2 Å². The summed E-state index contributed by atoms with van der Waals surface area (Å²) in [4.78, 5) is 0. The SMILES string of the molecule is S=P(CCOCCOCCP(=S)(c1ccccc1)c1ccccc1)(c1ccccc1)c1ccccc1. The molecule has 6 heteroatoms. The Morgan fingerprint density at radius 1 is 0.389 bits per heavy atom. The second-order valence-electron chi connectivity index (χ2n) is 8.49. The summed E-state index contributed by atoms with van der Waals surface area (Å²) in [6.07, 6.45) is 1.67. The zero-order valence-electron chi connectivity index (χ0n) is 20.3. The maximum Gasteiger partial charge on any atom is 0.0700 e. The third kappa shape index (κ3) is 6.90. The van der Waals surface area contributed by atoms with Gasteiger partial charge in [0.15, 0.2) is 0 Å². The normalized spacial score (nSPS) is 11.9. The van der Waals surface area contributed by atoms with Crippen molar-refractivity contribution in [2.75, 3.05) is 38.8 Å². The molecule has 186 valence electrons. The van der Waals surface area contributed by atoms with E-state index in [0.29, 0.717) is 26.4 Å². The number of ether oxygens (including phenoxy) is 2. The van der Waals surface area contributed by atoms with Crippen LogP contribution in [0.2, 0.25) is 0 Å². The van der Waals surface area contributed by atoms with Crippen LogP contribution in [0.25, 0.3) is 0 Å². The molecule has 0 aliphatic rings. The molecule has 0 N–H and O–H groups in total. The van der Waals surface area contributed by atoms with Gasteiger partial charge in [0.1, 0.15) is 0 Å². The van der Waals surface area contributed by atoms with Gasteiger partial charge in [-0.3, -0.25) is 0 Å². The first-order chi connectivity index (χ1) is 17.6. The number of rotatable bonds is 13. The zero-order chi connectivity index (χ0) is 25.1. The van der Waals surface area contributed by atoms with E-state index in [2.05, 4.69) is 97.1 Å².